The number of aliphatic hydroxyl groups excluding tert-OH is 1. The fourth-order valence-electron chi connectivity index (χ4n) is 6.31. The Bertz CT molecular complexity index is 1180. The number of hydrogen-bond acceptors (Lipinski definition) is 5. The number of amides is 2. The summed E-state index contributed by atoms with van der Waals surface area (Å²) in [6, 6.07) is 14.8. The average Bonchev–Trinajstić information content (AvgIpc) is 3.64. The van der Waals surface area contributed by atoms with Crippen LogP contribution in [0.4, 0.5) is 5.69 Å². The Balaban J connectivity index is 1.13. The van der Waals surface area contributed by atoms with Crippen LogP contribution in [0.3, 0.4) is 0 Å². The number of rotatable bonds is 6. The summed E-state index contributed by atoms with van der Waals surface area (Å²) >= 11 is 0. The number of fused-ring (bicyclic) bond motifs is 3. The van der Waals surface area contributed by atoms with Crippen LogP contribution < -0.4 is 5.32 Å². The topological polar surface area (TPSA) is 76.1 Å². The van der Waals surface area contributed by atoms with E-state index >= 15 is 0 Å². The third-order valence-corrected chi connectivity index (χ3v) is 8.60. The molecule has 1 aliphatic carbocycles. The Morgan fingerprint density at radius 2 is 1.89 bits per heavy atom. The molecule has 0 aromatic heterocycles. The fraction of sp³-hybridized carbons (Fsp3) is 0.517. The summed E-state index contributed by atoms with van der Waals surface area (Å²) in [7, 11) is 1.85. The Morgan fingerprint density at radius 3 is 2.67 bits per heavy atom. The van der Waals surface area contributed by atoms with E-state index in [1.807, 2.05) is 18.0 Å². The van der Waals surface area contributed by atoms with Crippen LogP contribution in [0.15, 0.2) is 42.5 Å². The highest BCUT2D eigenvalue weighted by molar-refractivity contribution is 5.99. The monoisotopic (exact) mass is 488 g/mol. The molecule has 2 fully saturated rings. The number of piperidine rings is 1. The van der Waals surface area contributed by atoms with E-state index in [1.165, 1.54) is 11.1 Å². The van der Waals surface area contributed by atoms with Gasteiger partial charge in [0.1, 0.15) is 0 Å². The minimum absolute atomic E-state index is 0.00803. The number of β-amino-alcohol motifs (C(OH)–C–C–N with tert-alkyl or cyclic N) is 1. The number of aliphatic hydroxyl groups is 1. The number of benzene rings is 2. The molecule has 1 saturated heterocycles. The maximum atomic E-state index is 13.6. The Labute approximate surface area is 213 Å². The summed E-state index contributed by atoms with van der Waals surface area (Å²) in [6.07, 6.45) is 3.96. The number of anilines is 1. The molecule has 6 rings (SSSR count). The van der Waals surface area contributed by atoms with Gasteiger partial charge in [-0.05, 0) is 54.5 Å². The first-order chi connectivity index (χ1) is 17.4. The van der Waals surface area contributed by atoms with Gasteiger partial charge < -0.3 is 20.2 Å². The van der Waals surface area contributed by atoms with Crippen molar-refractivity contribution in [1.82, 2.24) is 14.7 Å². The van der Waals surface area contributed by atoms with Crippen molar-refractivity contribution < 1.29 is 14.7 Å². The fourth-order valence-corrected chi connectivity index (χ4v) is 6.31. The zero-order valence-corrected chi connectivity index (χ0v) is 21.1. The number of carbonyl (C=O) groups excluding carboxylic acids is 2. The van der Waals surface area contributed by atoms with Gasteiger partial charge in [0.2, 0.25) is 5.91 Å². The molecular weight excluding hydrogens is 452 g/mol. The highest BCUT2D eigenvalue weighted by atomic mass is 16.3. The van der Waals surface area contributed by atoms with Crippen molar-refractivity contribution in [2.45, 2.75) is 56.2 Å². The van der Waals surface area contributed by atoms with Gasteiger partial charge in [0.15, 0.2) is 0 Å². The molecule has 3 aliphatic heterocycles. The lowest BCUT2D eigenvalue weighted by Gasteiger charge is -2.37. The van der Waals surface area contributed by atoms with Crippen molar-refractivity contribution in [3.05, 3.63) is 64.7 Å². The van der Waals surface area contributed by atoms with Crippen LogP contribution in [0, 0.1) is 0 Å². The second kappa shape index (κ2) is 9.20. The first-order valence-electron chi connectivity index (χ1n) is 13.3. The molecule has 2 amide bonds. The summed E-state index contributed by atoms with van der Waals surface area (Å²) in [5.41, 5.74) is 5.57. The predicted molar refractivity (Wildman–Crippen MR) is 139 cm³/mol. The van der Waals surface area contributed by atoms with E-state index < -0.39 is 6.10 Å². The molecule has 3 heterocycles. The van der Waals surface area contributed by atoms with E-state index in [1.54, 1.807) is 4.90 Å². The van der Waals surface area contributed by atoms with E-state index in [-0.39, 0.29) is 23.3 Å². The minimum Gasteiger partial charge on any atom is -0.390 e. The molecule has 1 unspecified atom stereocenters. The molecular formula is C29H36N4O3. The largest absolute Gasteiger partial charge is 0.390 e. The lowest BCUT2D eigenvalue weighted by Crippen LogP contribution is -2.49. The van der Waals surface area contributed by atoms with Gasteiger partial charge in [0, 0.05) is 75.4 Å². The molecule has 7 nitrogen and oxygen atoms in total. The number of carbonyl (C=O) groups is 2. The van der Waals surface area contributed by atoms with E-state index in [2.05, 4.69) is 46.6 Å². The maximum absolute atomic E-state index is 13.6. The maximum Gasteiger partial charge on any atom is 0.254 e. The zero-order valence-electron chi connectivity index (χ0n) is 21.1. The van der Waals surface area contributed by atoms with E-state index in [0.29, 0.717) is 26.1 Å². The highest BCUT2D eigenvalue weighted by Gasteiger charge is 2.51. The van der Waals surface area contributed by atoms with Crippen molar-refractivity contribution in [1.29, 1.82) is 0 Å². The molecule has 0 radical (unpaired) electrons. The van der Waals surface area contributed by atoms with Crippen LogP contribution in [0.25, 0.3) is 0 Å². The van der Waals surface area contributed by atoms with Crippen molar-refractivity contribution in [3.8, 4) is 0 Å². The number of nitrogens with zero attached hydrogens (tertiary/aromatic N) is 3. The zero-order chi connectivity index (χ0) is 24.9. The van der Waals surface area contributed by atoms with Crippen molar-refractivity contribution in [2.24, 2.45) is 0 Å². The van der Waals surface area contributed by atoms with Gasteiger partial charge in [-0.1, -0.05) is 30.3 Å². The van der Waals surface area contributed by atoms with Gasteiger partial charge in [-0.2, -0.15) is 0 Å². The second-order valence-corrected chi connectivity index (χ2v) is 11.3. The lowest BCUT2D eigenvalue weighted by atomic mass is 9.86. The summed E-state index contributed by atoms with van der Waals surface area (Å²) in [4.78, 5) is 31.6. The molecule has 7 heteroatoms. The van der Waals surface area contributed by atoms with Crippen LogP contribution in [-0.2, 0) is 23.2 Å². The molecule has 1 spiro atoms. The van der Waals surface area contributed by atoms with Gasteiger partial charge in [-0.3, -0.25) is 14.5 Å². The third-order valence-electron chi connectivity index (χ3n) is 8.60. The summed E-state index contributed by atoms with van der Waals surface area (Å²) < 4.78 is 0. The smallest absolute Gasteiger partial charge is 0.254 e. The molecule has 36 heavy (non-hydrogen) atoms. The Morgan fingerprint density at radius 1 is 1.08 bits per heavy atom. The van der Waals surface area contributed by atoms with Crippen LogP contribution >= 0.6 is 0 Å². The first kappa shape index (κ1) is 23.5. The summed E-state index contributed by atoms with van der Waals surface area (Å²) in [6.45, 7) is 4.15. The van der Waals surface area contributed by atoms with E-state index in [9.17, 15) is 14.7 Å². The summed E-state index contributed by atoms with van der Waals surface area (Å²) in [5, 5.41) is 14.5. The van der Waals surface area contributed by atoms with Gasteiger partial charge in [-0.25, -0.2) is 0 Å². The number of hydrogen-bond donors (Lipinski definition) is 2. The quantitative estimate of drug-likeness (QED) is 0.654. The number of nitrogens with one attached hydrogen (secondary N) is 1. The van der Waals surface area contributed by atoms with Gasteiger partial charge in [-0.15, -0.1) is 0 Å². The average molecular weight is 489 g/mol. The minimum atomic E-state index is -0.580. The van der Waals surface area contributed by atoms with E-state index in [0.717, 1.165) is 62.1 Å². The number of likely N-dealkylation sites (tertiary alicyclic amines) is 1. The standard InChI is InChI=1S/C29H36N4O3/c1-31-12-9-23(15-27(31)35)30-22-6-7-26-25(14-22)28(36)33(19-29(26)10-11-29)18-24(34)17-32-13-8-20-4-2-3-5-21(20)16-32/h2-7,14,23-24,30,34H,8-13,15-19H2,1H3/t23?,24-/m1/s1. The molecule has 2 aromatic rings. The van der Waals surface area contributed by atoms with Crippen molar-refractivity contribution in [2.75, 3.05) is 45.1 Å². The van der Waals surface area contributed by atoms with Crippen LogP contribution in [0.2, 0.25) is 0 Å². The van der Waals surface area contributed by atoms with Crippen LogP contribution in [0.1, 0.15) is 52.7 Å². The van der Waals surface area contributed by atoms with Gasteiger partial charge >= 0.3 is 0 Å². The molecule has 1 saturated carbocycles. The molecule has 190 valence electrons. The summed E-state index contributed by atoms with van der Waals surface area (Å²) in [5.74, 6) is 0.163. The molecule has 2 aromatic carbocycles. The van der Waals surface area contributed by atoms with Crippen LogP contribution in [0.5, 0.6) is 0 Å². The normalized spacial score (nSPS) is 23.9. The SMILES string of the molecule is CN1CCC(Nc2ccc3c(c2)C(=O)N(C[C@H](O)CN2CCc4ccccc4C2)CC32CC2)CC1=O. The Kier molecular flexibility index (Phi) is 6.00. The molecule has 0 bridgehead atoms. The predicted octanol–water partition coefficient (Wildman–Crippen LogP) is 2.63. The first-order valence-corrected chi connectivity index (χ1v) is 13.3. The lowest BCUT2D eigenvalue weighted by molar-refractivity contribution is -0.132. The van der Waals surface area contributed by atoms with Gasteiger partial charge in [0.05, 0.1) is 6.10 Å². The van der Waals surface area contributed by atoms with Crippen LogP contribution in [-0.4, -0.2) is 83.5 Å². The molecule has 2 N–H and O–H groups in total. The van der Waals surface area contributed by atoms with Crippen molar-refractivity contribution in [3.63, 3.8) is 0 Å². The molecule has 4 aliphatic rings. The van der Waals surface area contributed by atoms with Crippen molar-refractivity contribution >= 4 is 17.5 Å². The van der Waals surface area contributed by atoms with E-state index in [4.69, 9.17) is 0 Å². The molecule has 2 atom stereocenters. The Hall–Kier alpha value is -2.90. The highest BCUT2D eigenvalue weighted by Crippen LogP contribution is 2.52. The van der Waals surface area contributed by atoms with Gasteiger partial charge in [0.25, 0.3) is 5.91 Å². The second-order valence-electron chi connectivity index (χ2n) is 11.3. The third kappa shape index (κ3) is 4.50.